The molecular weight excluding hydrogens is 380 g/mol. The Kier molecular flexibility index (Phi) is 4.97. The molecule has 0 bridgehead atoms. The molecule has 1 aromatic rings. The number of halogens is 2. The standard InChI is InChI=1S/C13H16BrClN2O3S/c1-8-2-4-17(5-3-8)13(18)9-6-12(21(16,19)20)10(14)7-11(9)15/h6-8H,2-5H2,1H3,(H2,16,19,20). The molecule has 2 N–H and O–H groups in total. The van der Waals surface area contributed by atoms with E-state index in [1.165, 1.54) is 12.1 Å². The van der Waals surface area contributed by atoms with E-state index in [0.29, 0.717) is 19.0 Å². The molecule has 116 valence electrons. The smallest absolute Gasteiger partial charge is 0.255 e. The van der Waals surface area contributed by atoms with Crippen molar-refractivity contribution in [2.75, 3.05) is 13.1 Å². The first-order valence-electron chi connectivity index (χ1n) is 6.51. The number of amides is 1. The van der Waals surface area contributed by atoms with Crippen LogP contribution in [-0.2, 0) is 10.0 Å². The number of nitrogens with zero attached hydrogens (tertiary/aromatic N) is 1. The fourth-order valence-corrected chi connectivity index (χ4v) is 4.30. The average molecular weight is 396 g/mol. The van der Waals surface area contributed by atoms with Crippen molar-refractivity contribution >= 4 is 43.5 Å². The average Bonchev–Trinajstić information content (AvgIpc) is 2.37. The minimum Gasteiger partial charge on any atom is -0.339 e. The van der Waals surface area contributed by atoms with E-state index in [-0.39, 0.29) is 25.9 Å². The van der Waals surface area contributed by atoms with Gasteiger partial charge in [0.05, 0.1) is 15.5 Å². The first-order chi connectivity index (χ1) is 9.70. The summed E-state index contributed by atoms with van der Waals surface area (Å²) >= 11 is 9.18. The predicted molar refractivity (Wildman–Crippen MR) is 84.8 cm³/mol. The van der Waals surface area contributed by atoms with Crippen LogP contribution in [0.25, 0.3) is 0 Å². The molecule has 0 spiro atoms. The van der Waals surface area contributed by atoms with Crippen molar-refractivity contribution in [2.24, 2.45) is 11.1 Å². The number of carbonyl (C=O) groups excluding carboxylic acids is 1. The zero-order valence-corrected chi connectivity index (χ0v) is 14.6. The van der Waals surface area contributed by atoms with Crippen molar-refractivity contribution in [1.82, 2.24) is 4.90 Å². The molecule has 1 fully saturated rings. The number of benzene rings is 1. The van der Waals surface area contributed by atoms with Crippen molar-refractivity contribution in [2.45, 2.75) is 24.7 Å². The minimum absolute atomic E-state index is 0.138. The third-order valence-corrected chi connectivity index (χ3v) is 5.81. The summed E-state index contributed by atoms with van der Waals surface area (Å²) in [5.74, 6) is 0.332. The Balaban J connectivity index is 2.37. The highest BCUT2D eigenvalue weighted by atomic mass is 79.9. The second kappa shape index (κ2) is 6.24. The molecule has 1 saturated heterocycles. The van der Waals surface area contributed by atoms with Gasteiger partial charge in [0.2, 0.25) is 10.0 Å². The highest BCUT2D eigenvalue weighted by Crippen LogP contribution is 2.30. The largest absolute Gasteiger partial charge is 0.339 e. The lowest BCUT2D eigenvalue weighted by Gasteiger charge is -2.30. The van der Waals surface area contributed by atoms with Crippen LogP contribution in [0.4, 0.5) is 0 Å². The third-order valence-electron chi connectivity index (χ3n) is 3.63. The molecular formula is C13H16BrClN2O3S. The summed E-state index contributed by atoms with van der Waals surface area (Å²) in [6, 6.07) is 2.63. The van der Waals surface area contributed by atoms with Gasteiger partial charge in [-0.05, 0) is 46.8 Å². The zero-order chi connectivity index (χ0) is 15.8. The van der Waals surface area contributed by atoms with Crippen LogP contribution < -0.4 is 5.14 Å². The van der Waals surface area contributed by atoms with E-state index in [9.17, 15) is 13.2 Å². The molecule has 0 atom stereocenters. The molecule has 8 heteroatoms. The topological polar surface area (TPSA) is 80.5 Å². The number of nitrogens with two attached hydrogens (primary N) is 1. The molecule has 0 unspecified atom stereocenters. The first kappa shape index (κ1) is 16.7. The SMILES string of the molecule is CC1CCN(C(=O)c2cc(S(N)(=O)=O)c(Br)cc2Cl)CC1. The number of rotatable bonds is 2. The van der Waals surface area contributed by atoms with Gasteiger partial charge in [-0.2, -0.15) is 0 Å². The van der Waals surface area contributed by atoms with Gasteiger partial charge in [-0.15, -0.1) is 0 Å². The quantitative estimate of drug-likeness (QED) is 0.836. The summed E-state index contributed by atoms with van der Waals surface area (Å²) in [6.45, 7) is 3.45. The number of piperidine rings is 1. The number of likely N-dealkylation sites (tertiary alicyclic amines) is 1. The molecule has 1 heterocycles. The van der Waals surface area contributed by atoms with Crippen LogP contribution in [0.15, 0.2) is 21.5 Å². The molecule has 5 nitrogen and oxygen atoms in total. The lowest BCUT2D eigenvalue weighted by Crippen LogP contribution is -2.38. The van der Waals surface area contributed by atoms with Crippen LogP contribution in [-0.4, -0.2) is 32.3 Å². The molecule has 0 aromatic heterocycles. The third kappa shape index (κ3) is 3.77. The van der Waals surface area contributed by atoms with Crippen molar-refractivity contribution in [3.8, 4) is 0 Å². The molecule has 1 aromatic carbocycles. The second-order valence-corrected chi connectivity index (χ2v) is 8.07. The number of carbonyl (C=O) groups is 1. The van der Waals surface area contributed by atoms with Crippen LogP contribution >= 0.6 is 27.5 Å². The van der Waals surface area contributed by atoms with Crippen LogP contribution in [0.2, 0.25) is 5.02 Å². The van der Waals surface area contributed by atoms with E-state index in [4.69, 9.17) is 16.7 Å². The van der Waals surface area contributed by atoms with Crippen molar-refractivity contribution in [3.63, 3.8) is 0 Å². The van der Waals surface area contributed by atoms with E-state index >= 15 is 0 Å². The van der Waals surface area contributed by atoms with Crippen LogP contribution in [0.1, 0.15) is 30.1 Å². The van der Waals surface area contributed by atoms with E-state index in [2.05, 4.69) is 22.9 Å². The molecule has 0 aliphatic carbocycles. The summed E-state index contributed by atoms with van der Waals surface area (Å²) in [5.41, 5.74) is 0.165. The Hall–Kier alpha value is -0.630. The number of primary sulfonamides is 1. The zero-order valence-electron chi connectivity index (χ0n) is 11.5. The van der Waals surface area contributed by atoms with Crippen LogP contribution in [0.5, 0.6) is 0 Å². The minimum atomic E-state index is -3.92. The second-order valence-electron chi connectivity index (χ2n) is 5.28. The first-order valence-corrected chi connectivity index (χ1v) is 9.23. The van der Waals surface area contributed by atoms with Crippen molar-refractivity contribution in [1.29, 1.82) is 0 Å². The van der Waals surface area contributed by atoms with Gasteiger partial charge in [-0.3, -0.25) is 4.79 Å². The van der Waals surface area contributed by atoms with Gasteiger partial charge in [0.25, 0.3) is 5.91 Å². The normalized spacial score (nSPS) is 17.0. The maximum absolute atomic E-state index is 12.5. The Morgan fingerprint density at radius 3 is 2.48 bits per heavy atom. The number of sulfonamides is 1. The molecule has 21 heavy (non-hydrogen) atoms. The fourth-order valence-electron chi connectivity index (χ4n) is 2.29. The van der Waals surface area contributed by atoms with Gasteiger partial charge in [0.15, 0.2) is 0 Å². The van der Waals surface area contributed by atoms with Crippen LogP contribution in [0, 0.1) is 5.92 Å². The Bertz CT molecular complexity index is 670. The van der Waals surface area contributed by atoms with E-state index in [1.54, 1.807) is 4.90 Å². The monoisotopic (exact) mass is 394 g/mol. The summed E-state index contributed by atoms with van der Waals surface area (Å²) in [7, 11) is -3.92. The van der Waals surface area contributed by atoms with Gasteiger partial charge in [0, 0.05) is 17.6 Å². The van der Waals surface area contributed by atoms with E-state index in [0.717, 1.165) is 12.8 Å². The highest BCUT2D eigenvalue weighted by molar-refractivity contribution is 9.10. The van der Waals surface area contributed by atoms with Crippen molar-refractivity contribution < 1.29 is 13.2 Å². The van der Waals surface area contributed by atoms with E-state index < -0.39 is 10.0 Å². The van der Waals surface area contributed by atoms with Gasteiger partial charge in [-0.1, -0.05) is 18.5 Å². The van der Waals surface area contributed by atoms with Gasteiger partial charge < -0.3 is 4.90 Å². The highest BCUT2D eigenvalue weighted by Gasteiger charge is 2.25. The molecule has 1 amide bonds. The lowest BCUT2D eigenvalue weighted by atomic mass is 9.98. The maximum atomic E-state index is 12.5. The molecule has 0 radical (unpaired) electrons. The molecule has 0 saturated carbocycles. The summed E-state index contributed by atoms with van der Waals surface area (Å²) in [4.78, 5) is 14.1. The lowest BCUT2D eigenvalue weighted by molar-refractivity contribution is 0.0697. The van der Waals surface area contributed by atoms with Gasteiger partial charge >= 0.3 is 0 Å². The molecule has 2 rings (SSSR count). The Morgan fingerprint density at radius 1 is 1.38 bits per heavy atom. The van der Waals surface area contributed by atoms with Crippen molar-refractivity contribution in [3.05, 3.63) is 27.2 Å². The fraction of sp³-hybridized carbons (Fsp3) is 0.462. The molecule has 1 aliphatic heterocycles. The molecule has 1 aliphatic rings. The Morgan fingerprint density at radius 2 is 1.95 bits per heavy atom. The van der Waals surface area contributed by atoms with Gasteiger partial charge in [0.1, 0.15) is 0 Å². The summed E-state index contributed by atoms with van der Waals surface area (Å²) in [5, 5.41) is 5.35. The number of hydrogen-bond acceptors (Lipinski definition) is 3. The van der Waals surface area contributed by atoms with Gasteiger partial charge in [-0.25, -0.2) is 13.6 Å². The van der Waals surface area contributed by atoms with E-state index in [1.807, 2.05) is 0 Å². The Labute approximate surface area is 137 Å². The summed E-state index contributed by atoms with van der Waals surface area (Å²) < 4.78 is 23.3. The summed E-state index contributed by atoms with van der Waals surface area (Å²) in [6.07, 6.45) is 1.86. The maximum Gasteiger partial charge on any atom is 0.255 e. The predicted octanol–water partition coefficient (Wildman–Crippen LogP) is 2.62. The van der Waals surface area contributed by atoms with Crippen LogP contribution in [0.3, 0.4) is 0 Å². The number of hydrogen-bond donors (Lipinski definition) is 1.